The van der Waals surface area contributed by atoms with Crippen molar-refractivity contribution < 1.29 is 19.1 Å². The van der Waals surface area contributed by atoms with Crippen molar-refractivity contribution in [1.29, 1.82) is 0 Å². The molecule has 0 bridgehead atoms. The van der Waals surface area contributed by atoms with Crippen LogP contribution in [0.15, 0.2) is 50.2 Å². The average molecular weight is 590 g/mol. The van der Waals surface area contributed by atoms with E-state index in [0.717, 1.165) is 28.6 Å². The van der Waals surface area contributed by atoms with E-state index in [2.05, 4.69) is 43.8 Å². The average Bonchev–Trinajstić information content (AvgIpc) is 3.05. The van der Waals surface area contributed by atoms with E-state index in [1.165, 1.54) is 5.56 Å². The highest BCUT2D eigenvalue weighted by Crippen LogP contribution is 2.37. The fourth-order valence-electron chi connectivity index (χ4n) is 3.65. The second kappa shape index (κ2) is 10.2. The maximum Gasteiger partial charge on any atom is 0.294 e. The van der Waals surface area contributed by atoms with Crippen LogP contribution in [0.25, 0.3) is 6.08 Å². The minimum absolute atomic E-state index is 0.117. The molecule has 1 fully saturated rings. The number of halogens is 2. The Morgan fingerprint density at radius 2 is 1.88 bits per heavy atom. The molecular weight excluding hydrogens is 572 g/mol. The summed E-state index contributed by atoms with van der Waals surface area (Å²) in [5.41, 5.74) is 3.01. The van der Waals surface area contributed by atoms with Crippen molar-refractivity contribution in [2.24, 2.45) is 0 Å². The van der Waals surface area contributed by atoms with E-state index in [1.54, 1.807) is 23.1 Å². The molecule has 168 valence electrons. The van der Waals surface area contributed by atoms with Gasteiger partial charge in [-0.2, -0.15) is 0 Å². The summed E-state index contributed by atoms with van der Waals surface area (Å²) in [6.45, 7) is 0.901. The first kappa shape index (κ1) is 23.6. The summed E-state index contributed by atoms with van der Waals surface area (Å²) in [7, 11) is 0. The molecule has 2 aromatic rings. The van der Waals surface area contributed by atoms with Gasteiger partial charge >= 0.3 is 0 Å². The largest absolute Gasteiger partial charge is 0.479 e. The second-order valence-electron chi connectivity index (χ2n) is 7.41. The molecule has 0 saturated carbocycles. The molecule has 1 saturated heterocycles. The van der Waals surface area contributed by atoms with E-state index in [4.69, 9.17) is 11.2 Å². The summed E-state index contributed by atoms with van der Waals surface area (Å²) in [4.78, 5) is 41.2. The Bertz CT molecular complexity index is 1200. The van der Waals surface area contributed by atoms with Gasteiger partial charge in [0.25, 0.3) is 11.1 Å². The maximum atomic E-state index is 12.9. The first-order chi connectivity index (χ1) is 15.9. The molecule has 33 heavy (non-hydrogen) atoms. The Morgan fingerprint density at radius 3 is 2.58 bits per heavy atom. The number of terminal acetylenes is 1. The van der Waals surface area contributed by atoms with Crippen molar-refractivity contribution in [1.82, 2.24) is 9.80 Å². The fraction of sp³-hybridized carbons (Fsp3) is 0.208. The van der Waals surface area contributed by atoms with Crippen LogP contribution in [0.3, 0.4) is 0 Å². The van der Waals surface area contributed by atoms with Crippen molar-refractivity contribution in [3.8, 4) is 18.1 Å². The summed E-state index contributed by atoms with van der Waals surface area (Å²) in [5, 5.41) is -0.455. The molecule has 0 N–H and O–H groups in total. The van der Waals surface area contributed by atoms with E-state index >= 15 is 0 Å². The highest BCUT2D eigenvalue weighted by Gasteiger charge is 2.37. The van der Waals surface area contributed by atoms with E-state index in [-0.39, 0.29) is 24.0 Å². The van der Waals surface area contributed by atoms with Gasteiger partial charge in [-0.25, -0.2) is 0 Å². The number of carbonyl (C=O) groups is 3. The number of rotatable bonds is 5. The lowest BCUT2D eigenvalue weighted by Crippen LogP contribution is -2.44. The Hall–Kier alpha value is -2.54. The van der Waals surface area contributed by atoms with Gasteiger partial charge in [0.15, 0.2) is 0 Å². The molecule has 6 nitrogen and oxygen atoms in total. The molecule has 0 aliphatic carbocycles. The zero-order valence-corrected chi connectivity index (χ0v) is 21.3. The molecule has 2 heterocycles. The van der Waals surface area contributed by atoms with Crippen LogP contribution in [0.1, 0.15) is 16.7 Å². The number of fused-ring (bicyclic) bond motifs is 1. The molecular formula is C24H18Br2N2O4S. The monoisotopic (exact) mass is 588 g/mol. The fourth-order valence-corrected chi connectivity index (χ4v) is 5.94. The van der Waals surface area contributed by atoms with Crippen molar-refractivity contribution in [3.05, 3.63) is 66.9 Å². The number of hydrogen-bond acceptors (Lipinski definition) is 5. The molecule has 0 unspecified atom stereocenters. The smallest absolute Gasteiger partial charge is 0.294 e. The van der Waals surface area contributed by atoms with E-state index in [9.17, 15) is 14.4 Å². The van der Waals surface area contributed by atoms with E-state index < -0.39 is 11.1 Å². The third-order valence-electron chi connectivity index (χ3n) is 5.27. The second-order valence-corrected chi connectivity index (χ2v) is 10.1. The maximum absolute atomic E-state index is 12.9. The molecule has 2 aliphatic heterocycles. The number of thioether (sulfide) groups is 1. The van der Waals surface area contributed by atoms with Crippen molar-refractivity contribution in [2.75, 3.05) is 19.7 Å². The summed E-state index contributed by atoms with van der Waals surface area (Å²) < 4.78 is 6.80. The Labute approximate surface area is 212 Å². The van der Waals surface area contributed by atoms with Crippen LogP contribution in [0.4, 0.5) is 4.79 Å². The van der Waals surface area contributed by atoms with Gasteiger partial charge in [0.1, 0.15) is 18.9 Å². The van der Waals surface area contributed by atoms with Gasteiger partial charge in [-0.3, -0.25) is 19.3 Å². The first-order valence-electron chi connectivity index (χ1n) is 10.0. The highest BCUT2D eigenvalue weighted by atomic mass is 79.9. The predicted octanol–water partition coefficient (Wildman–Crippen LogP) is 4.84. The number of carbonyl (C=O) groups excluding carboxylic acids is 3. The van der Waals surface area contributed by atoms with Crippen molar-refractivity contribution >= 4 is 66.8 Å². The minimum atomic E-state index is -0.476. The first-order valence-corrected chi connectivity index (χ1v) is 12.4. The normalized spacial score (nSPS) is 16.7. The van der Waals surface area contributed by atoms with E-state index in [0.29, 0.717) is 33.3 Å². The molecule has 0 atom stereocenters. The van der Waals surface area contributed by atoms with Gasteiger partial charge in [0.2, 0.25) is 5.91 Å². The zero-order valence-electron chi connectivity index (χ0n) is 17.3. The predicted molar refractivity (Wildman–Crippen MR) is 134 cm³/mol. The Kier molecular flexibility index (Phi) is 7.27. The van der Waals surface area contributed by atoms with Crippen LogP contribution in [-0.4, -0.2) is 46.5 Å². The molecule has 2 aromatic carbocycles. The number of ether oxygens (including phenoxy) is 1. The number of imide groups is 1. The summed E-state index contributed by atoms with van der Waals surface area (Å²) in [6, 6.07) is 11.5. The zero-order chi connectivity index (χ0) is 23.5. The number of benzene rings is 2. The molecule has 0 radical (unpaired) electrons. The van der Waals surface area contributed by atoms with Crippen LogP contribution < -0.4 is 4.74 Å². The van der Waals surface area contributed by atoms with Gasteiger partial charge in [-0.15, -0.1) is 6.42 Å². The summed E-state index contributed by atoms with van der Waals surface area (Å²) in [5.74, 6) is 2.24. The standard InChI is InChI=1S/C24H18Br2N2O4S/c1-2-9-32-22-18(25)10-15(11-19(22)26)12-20-23(30)28(24(31)33-20)14-21(29)27-8-7-16-5-3-4-6-17(16)13-27/h1,3-6,10-12H,7-9,13-14H2/b20-12-. The Balaban J connectivity index is 1.46. The molecule has 9 heteroatoms. The molecule has 4 rings (SSSR count). The summed E-state index contributed by atoms with van der Waals surface area (Å²) in [6.07, 6.45) is 7.62. The lowest BCUT2D eigenvalue weighted by molar-refractivity contribution is -0.136. The highest BCUT2D eigenvalue weighted by molar-refractivity contribution is 9.11. The van der Waals surface area contributed by atoms with Crippen LogP contribution in [0.2, 0.25) is 0 Å². The Morgan fingerprint density at radius 1 is 1.18 bits per heavy atom. The minimum Gasteiger partial charge on any atom is -0.479 e. The van der Waals surface area contributed by atoms with Crippen molar-refractivity contribution in [3.63, 3.8) is 0 Å². The number of amides is 3. The number of hydrogen-bond donors (Lipinski definition) is 0. The van der Waals surface area contributed by atoms with Crippen LogP contribution >= 0.6 is 43.6 Å². The molecule has 3 amide bonds. The third kappa shape index (κ3) is 5.18. The molecule has 0 spiro atoms. The van der Waals surface area contributed by atoms with Crippen molar-refractivity contribution in [2.45, 2.75) is 13.0 Å². The SMILES string of the molecule is C#CCOc1c(Br)cc(/C=C2\SC(=O)N(CC(=O)N3CCc4ccccc4C3)C2=O)cc1Br. The van der Waals surface area contributed by atoms with Gasteiger partial charge in [-0.1, -0.05) is 30.2 Å². The van der Waals surface area contributed by atoms with Gasteiger partial charge in [0, 0.05) is 13.1 Å². The lowest BCUT2D eigenvalue weighted by Gasteiger charge is -2.29. The van der Waals surface area contributed by atoms with Gasteiger partial charge in [0.05, 0.1) is 13.9 Å². The van der Waals surface area contributed by atoms with Gasteiger partial charge in [-0.05, 0) is 84.9 Å². The molecule has 2 aliphatic rings. The lowest BCUT2D eigenvalue weighted by atomic mass is 10.00. The van der Waals surface area contributed by atoms with Crippen LogP contribution in [0, 0.1) is 12.3 Å². The van der Waals surface area contributed by atoms with Crippen LogP contribution in [0.5, 0.6) is 5.75 Å². The van der Waals surface area contributed by atoms with Gasteiger partial charge < -0.3 is 9.64 Å². The van der Waals surface area contributed by atoms with Crippen LogP contribution in [-0.2, 0) is 22.6 Å². The quantitative estimate of drug-likeness (QED) is 0.369. The third-order valence-corrected chi connectivity index (χ3v) is 7.35. The number of nitrogens with zero attached hydrogens (tertiary/aromatic N) is 2. The summed E-state index contributed by atoms with van der Waals surface area (Å²) >= 11 is 7.69. The van der Waals surface area contributed by atoms with E-state index in [1.807, 2.05) is 18.2 Å². The molecule has 0 aromatic heterocycles. The topological polar surface area (TPSA) is 66.9 Å².